The van der Waals surface area contributed by atoms with Crippen LogP contribution in [0.2, 0.25) is 0 Å². The Balaban J connectivity index is 2.42. The lowest BCUT2D eigenvalue weighted by Crippen LogP contribution is -2.40. The number of carboxylic acid groups (broad SMARTS) is 1. The molecule has 2 N–H and O–H groups in total. The minimum Gasteiger partial charge on any atom is -0.480 e. The number of benzene rings is 1. The van der Waals surface area contributed by atoms with Crippen LogP contribution in [-0.4, -0.2) is 23.0 Å². The number of carbonyl (C=O) groups is 2. The number of hydrogen-bond donors (Lipinski definition) is 2. The standard InChI is InChI=1S/C14H18BrNO3/c1-2-3-12(14(18)19)16-13(17)9-6-10-4-7-11(15)8-5-10/h4-5,7-8,12H,2-3,6,9H2,1H3,(H,16,17)(H,18,19). The van der Waals surface area contributed by atoms with Gasteiger partial charge in [-0.3, -0.25) is 4.79 Å². The molecule has 0 aromatic heterocycles. The number of amides is 1. The lowest BCUT2D eigenvalue weighted by atomic mass is 10.1. The summed E-state index contributed by atoms with van der Waals surface area (Å²) in [6.07, 6.45) is 2.09. The number of aryl methyl sites for hydroxylation is 1. The number of nitrogens with one attached hydrogen (secondary N) is 1. The molecule has 1 aromatic carbocycles. The molecule has 0 aliphatic carbocycles. The molecule has 0 aliphatic heterocycles. The molecule has 1 aromatic rings. The summed E-state index contributed by atoms with van der Waals surface area (Å²) in [7, 11) is 0. The van der Waals surface area contributed by atoms with Crippen LogP contribution in [0.25, 0.3) is 0 Å². The molecular weight excluding hydrogens is 310 g/mol. The minimum absolute atomic E-state index is 0.219. The summed E-state index contributed by atoms with van der Waals surface area (Å²) in [4.78, 5) is 22.6. The first kappa shape index (κ1) is 15.7. The van der Waals surface area contributed by atoms with Gasteiger partial charge in [-0.2, -0.15) is 0 Å². The van der Waals surface area contributed by atoms with Crippen LogP contribution in [0.15, 0.2) is 28.7 Å². The van der Waals surface area contributed by atoms with Gasteiger partial charge in [-0.1, -0.05) is 41.4 Å². The predicted octanol–water partition coefficient (Wildman–Crippen LogP) is 2.75. The van der Waals surface area contributed by atoms with Crippen LogP contribution >= 0.6 is 15.9 Å². The van der Waals surface area contributed by atoms with E-state index in [0.29, 0.717) is 19.3 Å². The molecule has 0 heterocycles. The summed E-state index contributed by atoms with van der Waals surface area (Å²) < 4.78 is 0.995. The molecule has 1 unspecified atom stereocenters. The van der Waals surface area contributed by atoms with Gasteiger partial charge in [-0.25, -0.2) is 4.79 Å². The molecule has 1 amide bonds. The number of rotatable bonds is 7. The number of halogens is 1. The van der Waals surface area contributed by atoms with Gasteiger partial charge in [-0.05, 0) is 30.5 Å². The van der Waals surface area contributed by atoms with Gasteiger partial charge in [-0.15, -0.1) is 0 Å². The van der Waals surface area contributed by atoms with E-state index >= 15 is 0 Å². The molecule has 0 radical (unpaired) electrons. The first-order valence-corrected chi connectivity index (χ1v) is 7.09. The molecule has 0 aliphatic rings. The molecular formula is C14H18BrNO3. The molecule has 0 fully saturated rings. The van der Waals surface area contributed by atoms with Crippen molar-refractivity contribution < 1.29 is 14.7 Å². The van der Waals surface area contributed by atoms with Crippen molar-refractivity contribution in [3.8, 4) is 0 Å². The van der Waals surface area contributed by atoms with E-state index < -0.39 is 12.0 Å². The third-order valence-corrected chi connectivity index (χ3v) is 3.29. The predicted molar refractivity (Wildman–Crippen MR) is 76.9 cm³/mol. The Kier molecular flexibility index (Phi) is 6.56. The Morgan fingerprint density at radius 3 is 2.47 bits per heavy atom. The SMILES string of the molecule is CCCC(NC(=O)CCc1ccc(Br)cc1)C(=O)O. The van der Waals surface area contributed by atoms with Crippen LogP contribution in [0.1, 0.15) is 31.7 Å². The average Bonchev–Trinajstić information content (AvgIpc) is 2.37. The largest absolute Gasteiger partial charge is 0.480 e. The minimum atomic E-state index is -0.973. The smallest absolute Gasteiger partial charge is 0.326 e. The van der Waals surface area contributed by atoms with E-state index in [9.17, 15) is 9.59 Å². The van der Waals surface area contributed by atoms with Crippen LogP contribution in [0.3, 0.4) is 0 Å². The summed E-state index contributed by atoms with van der Waals surface area (Å²) in [5.74, 6) is -1.19. The fourth-order valence-corrected chi connectivity index (χ4v) is 1.99. The molecule has 0 saturated heterocycles. The molecule has 19 heavy (non-hydrogen) atoms. The fourth-order valence-electron chi connectivity index (χ4n) is 1.72. The summed E-state index contributed by atoms with van der Waals surface area (Å²) in [5.41, 5.74) is 1.06. The van der Waals surface area contributed by atoms with Gasteiger partial charge in [0.2, 0.25) is 5.91 Å². The van der Waals surface area contributed by atoms with Crippen molar-refractivity contribution in [3.05, 3.63) is 34.3 Å². The fraction of sp³-hybridized carbons (Fsp3) is 0.429. The summed E-state index contributed by atoms with van der Waals surface area (Å²) in [5, 5.41) is 11.5. The van der Waals surface area contributed by atoms with Crippen LogP contribution in [0, 0.1) is 0 Å². The maximum atomic E-state index is 11.7. The maximum absolute atomic E-state index is 11.7. The lowest BCUT2D eigenvalue weighted by molar-refractivity contribution is -0.142. The number of hydrogen-bond acceptors (Lipinski definition) is 2. The van der Waals surface area contributed by atoms with E-state index in [4.69, 9.17) is 5.11 Å². The first-order valence-electron chi connectivity index (χ1n) is 6.29. The molecule has 0 saturated carbocycles. The van der Waals surface area contributed by atoms with Crippen molar-refractivity contribution in [3.63, 3.8) is 0 Å². The number of aliphatic carboxylic acids is 1. The molecule has 104 valence electrons. The van der Waals surface area contributed by atoms with Crippen LogP contribution in [-0.2, 0) is 16.0 Å². The molecule has 0 bridgehead atoms. The van der Waals surface area contributed by atoms with Gasteiger partial charge in [0.25, 0.3) is 0 Å². The van der Waals surface area contributed by atoms with Crippen LogP contribution < -0.4 is 5.32 Å². The third kappa shape index (κ3) is 5.87. The Labute approximate surface area is 121 Å². The van der Waals surface area contributed by atoms with E-state index in [1.165, 1.54) is 0 Å². The van der Waals surface area contributed by atoms with Crippen LogP contribution in [0.5, 0.6) is 0 Å². The van der Waals surface area contributed by atoms with Crippen molar-refractivity contribution in [2.24, 2.45) is 0 Å². The molecule has 5 heteroatoms. The topological polar surface area (TPSA) is 66.4 Å². The van der Waals surface area contributed by atoms with Gasteiger partial charge in [0, 0.05) is 10.9 Å². The highest BCUT2D eigenvalue weighted by Crippen LogP contribution is 2.11. The first-order chi connectivity index (χ1) is 9.02. The van der Waals surface area contributed by atoms with Crippen molar-refractivity contribution in [1.82, 2.24) is 5.32 Å². The third-order valence-electron chi connectivity index (χ3n) is 2.76. The van der Waals surface area contributed by atoms with Gasteiger partial charge in [0.1, 0.15) is 6.04 Å². The summed E-state index contributed by atoms with van der Waals surface area (Å²) in [6, 6.07) is 6.95. The van der Waals surface area contributed by atoms with Gasteiger partial charge in [0.15, 0.2) is 0 Å². The van der Waals surface area contributed by atoms with E-state index in [2.05, 4.69) is 21.2 Å². The zero-order chi connectivity index (χ0) is 14.3. The zero-order valence-corrected chi connectivity index (χ0v) is 12.4. The number of carboxylic acids is 1. The van der Waals surface area contributed by atoms with Crippen molar-refractivity contribution in [1.29, 1.82) is 0 Å². The molecule has 1 rings (SSSR count). The van der Waals surface area contributed by atoms with E-state index in [1.54, 1.807) is 0 Å². The van der Waals surface area contributed by atoms with Gasteiger partial charge >= 0.3 is 5.97 Å². The van der Waals surface area contributed by atoms with E-state index in [-0.39, 0.29) is 5.91 Å². The molecule has 0 spiro atoms. The average molecular weight is 328 g/mol. The Hall–Kier alpha value is -1.36. The monoisotopic (exact) mass is 327 g/mol. The van der Waals surface area contributed by atoms with Crippen molar-refractivity contribution >= 4 is 27.8 Å². The van der Waals surface area contributed by atoms with Gasteiger partial charge in [0.05, 0.1) is 0 Å². The quantitative estimate of drug-likeness (QED) is 0.809. The second-order valence-corrected chi connectivity index (χ2v) is 5.29. The van der Waals surface area contributed by atoms with Gasteiger partial charge < -0.3 is 10.4 Å². The Morgan fingerprint density at radius 1 is 1.32 bits per heavy atom. The normalized spacial score (nSPS) is 11.9. The Morgan fingerprint density at radius 2 is 1.95 bits per heavy atom. The zero-order valence-electron chi connectivity index (χ0n) is 10.9. The van der Waals surface area contributed by atoms with E-state index in [0.717, 1.165) is 16.5 Å². The summed E-state index contributed by atoms with van der Waals surface area (Å²) in [6.45, 7) is 1.89. The second-order valence-electron chi connectivity index (χ2n) is 4.37. The highest BCUT2D eigenvalue weighted by atomic mass is 79.9. The lowest BCUT2D eigenvalue weighted by Gasteiger charge is -2.13. The maximum Gasteiger partial charge on any atom is 0.326 e. The Bertz CT molecular complexity index is 431. The highest BCUT2D eigenvalue weighted by Gasteiger charge is 2.18. The van der Waals surface area contributed by atoms with E-state index in [1.807, 2.05) is 31.2 Å². The van der Waals surface area contributed by atoms with Crippen LogP contribution in [0.4, 0.5) is 0 Å². The second kappa shape index (κ2) is 7.94. The molecule has 1 atom stereocenters. The number of carbonyl (C=O) groups excluding carboxylic acids is 1. The molecule has 4 nitrogen and oxygen atoms in total. The van der Waals surface area contributed by atoms with Crippen molar-refractivity contribution in [2.45, 2.75) is 38.6 Å². The summed E-state index contributed by atoms with van der Waals surface area (Å²) >= 11 is 3.35. The highest BCUT2D eigenvalue weighted by molar-refractivity contribution is 9.10. The van der Waals surface area contributed by atoms with Crippen molar-refractivity contribution in [2.75, 3.05) is 0 Å².